The second kappa shape index (κ2) is 5.57. The largest absolute Gasteiger partial charge is 0.381 e. The molecule has 2 atom stereocenters. The molecule has 0 amide bonds. The maximum atomic E-state index is 4.49. The molecule has 1 aliphatic heterocycles. The Kier molecular flexibility index (Phi) is 3.65. The highest BCUT2D eigenvalue weighted by atomic mass is 15.0. The summed E-state index contributed by atoms with van der Waals surface area (Å²) in [7, 11) is 0. The van der Waals surface area contributed by atoms with Crippen molar-refractivity contribution in [3.05, 3.63) is 36.5 Å². The van der Waals surface area contributed by atoms with Gasteiger partial charge >= 0.3 is 0 Å². The lowest BCUT2D eigenvalue weighted by atomic mass is 10.1. The molecule has 1 aromatic carbocycles. The highest BCUT2D eigenvalue weighted by Crippen LogP contribution is 2.22. The van der Waals surface area contributed by atoms with Crippen LogP contribution in [0.3, 0.4) is 0 Å². The molecule has 0 bridgehead atoms. The third kappa shape index (κ3) is 2.87. The highest BCUT2D eigenvalue weighted by Gasteiger charge is 2.17. The first-order valence-corrected chi connectivity index (χ1v) is 7.16. The summed E-state index contributed by atoms with van der Waals surface area (Å²) in [4.78, 5) is 4.49. The molecule has 2 heterocycles. The number of benzene rings is 1. The van der Waals surface area contributed by atoms with Crippen molar-refractivity contribution >= 4 is 16.6 Å². The maximum absolute atomic E-state index is 4.49. The fourth-order valence-electron chi connectivity index (χ4n) is 2.93. The molecule has 3 nitrogen and oxygen atoms in total. The van der Waals surface area contributed by atoms with Crippen molar-refractivity contribution < 1.29 is 0 Å². The van der Waals surface area contributed by atoms with Gasteiger partial charge in [-0.25, -0.2) is 0 Å². The summed E-state index contributed by atoms with van der Waals surface area (Å²) in [6.45, 7) is 3.43. The van der Waals surface area contributed by atoms with E-state index in [1.165, 1.54) is 31.2 Å². The number of aromatic nitrogens is 1. The molecule has 1 saturated heterocycles. The van der Waals surface area contributed by atoms with Crippen molar-refractivity contribution in [1.29, 1.82) is 0 Å². The number of rotatable bonds is 4. The molecule has 0 aliphatic carbocycles. The molecule has 0 saturated carbocycles. The predicted molar refractivity (Wildman–Crippen MR) is 80.5 cm³/mol. The number of para-hydroxylation sites is 1. The molecule has 100 valence electrons. The number of hydrogen-bond donors (Lipinski definition) is 2. The number of hydrogen-bond acceptors (Lipinski definition) is 3. The third-order valence-corrected chi connectivity index (χ3v) is 3.84. The molecule has 0 radical (unpaired) electrons. The summed E-state index contributed by atoms with van der Waals surface area (Å²) in [5, 5.41) is 8.36. The lowest BCUT2D eigenvalue weighted by molar-refractivity contribution is 0.523. The van der Waals surface area contributed by atoms with E-state index in [1.807, 2.05) is 12.3 Å². The lowest BCUT2D eigenvalue weighted by Gasteiger charge is -2.20. The van der Waals surface area contributed by atoms with E-state index in [4.69, 9.17) is 0 Å². The van der Waals surface area contributed by atoms with Crippen molar-refractivity contribution in [2.24, 2.45) is 0 Å². The van der Waals surface area contributed by atoms with E-state index in [9.17, 15) is 0 Å². The van der Waals surface area contributed by atoms with Gasteiger partial charge in [0.25, 0.3) is 0 Å². The zero-order valence-electron chi connectivity index (χ0n) is 11.4. The molecule has 2 aromatic rings. The number of pyridine rings is 1. The van der Waals surface area contributed by atoms with Crippen molar-refractivity contribution in [3.63, 3.8) is 0 Å². The van der Waals surface area contributed by atoms with Crippen LogP contribution in [0.1, 0.15) is 26.2 Å². The first kappa shape index (κ1) is 12.4. The minimum Gasteiger partial charge on any atom is -0.381 e. The van der Waals surface area contributed by atoms with E-state index in [0.717, 1.165) is 11.2 Å². The molecule has 1 aromatic heterocycles. The van der Waals surface area contributed by atoms with Crippen LogP contribution in [-0.4, -0.2) is 23.6 Å². The molecule has 3 rings (SSSR count). The van der Waals surface area contributed by atoms with Crippen LogP contribution in [0, 0.1) is 0 Å². The molecule has 0 spiro atoms. The standard InChI is InChI=1S/C16H21N3/c1-12(11-14-7-4-9-17-14)19-15-8-2-5-13-6-3-10-18-16(13)15/h2-3,5-6,8,10,12,14,17,19H,4,7,9,11H2,1H3. The molecule has 3 heteroatoms. The van der Waals surface area contributed by atoms with E-state index in [-0.39, 0.29) is 0 Å². The van der Waals surface area contributed by atoms with Crippen molar-refractivity contribution in [1.82, 2.24) is 10.3 Å². The fraction of sp³-hybridized carbons (Fsp3) is 0.438. The van der Waals surface area contributed by atoms with Gasteiger partial charge in [0.2, 0.25) is 0 Å². The summed E-state index contributed by atoms with van der Waals surface area (Å²) in [5.74, 6) is 0. The van der Waals surface area contributed by atoms with Crippen molar-refractivity contribution in [3.8, 4) is 0 Å². The Bertz CT molecular complexity index is 541. The summed E-state index contributed by atoms with van der Waals surface area (Å²) in [5.41, 5.74) is 2.21. The smallest absolute Gasteiger partial charge is 0.0933 e. The highest BCUT2D eigenvalue weighted by molar-refractivity contribution is 5.90. The van der Waals surface area contributed by atoms with Gasteiger partial charge in [0.05, 0.1) is 11.2 Å². The first-order valence-electron chi connectivity index (χ1n) is 7.16. The van der Waals surface area contributed by atoms with Crippen LogP contribution in [0.15, 0.2) is 36.5 Å². The van der Waals surface area contributed by atoms with Gasteiger partial charge in [-0.15, -0.1) is 0 Å². The number of fused-ring (bicyclic) bond motifs is 1. The van der Waals surface area contributed by atoms with Gasteiger partial charge in [0, 0.05) is 23.7 Å². The van der Waals surface area contributed by atoms with E-state index in [0.29, 0.717) is 12.1 Å². The molecule has 1 aliphatic rings. The number of anilines is 1. The van der Waals surface area contributed by atoms with Crippen LogP contribution in [-0.2, 0) is 0 Å². The molecule has 1 fully saturated rings. The quantitative estimate of drug-likeness (QED) is 0.881. The molecule has 2 unspecified atom stereocenters. The summed E-state index contributed by atoms with van der Waals surface area (Å²) >= 11 is 0. The molecular formula is C16H21N3. The van der Waals surface area contributed by atoms with Crippen LogP contribution in [0.5, 0.6) is 0 Å². The Morgan fingerprint density at radius 3 is 3.11 bits per heavy atom. The average molecular weight is 255 g/mol. The zero-order valence-corrected chi connectivity index (χ0v) is 11.4. The minimum absolute atomic E-state index is 0.461. The normalized spacial score (nSPS) is 20.6. The lowest BCUT2D eigenvalue weighted by Crippen LogP contribution is -2.29. The number of nitrogens with zero attached hydrogens (tertiary/aromatic N) is 1. The first-order chi connectivity index (χ1) is 9.33. The van der Waals surface area contributed by atoms with Gasteiger partial charge < -0.3 is 10.6 Å². The van der Waals surface area contributed by atoms with E-state index < -0.39 is 0 Å². The van der Waals surface area contributed by atoms with Gasteiger partial charge in [-0.05, 0) is 44.9 Å². The van der Waals surface area contributed by atoms with Crippen LogP contribution in [0.25, 0.3) is 10.9 Å². The van der Waals surface area contributed by atoms with Gasteiger partial charge in [-0.3, -0.25) is 4.98 Å². The molecular weight excluding hydrogens is 234 g/mol. The van der Waals surface area contributed by atoms with Gasteiger partial charge in [0.15, 0.2) is 0 Å². The van der Waals surface area contributed by atoms with Crippen LogP contribution < -0.4 is 10.6 Å². The Labute approximate surface area is 114 Å². The summed E-state index contributed by atoms with van der Waals surface area (Å²) in [6, 6.07) is 11.5. The van der Waals surface area contributed by atoms with Gasteiger partial charge in [-0.1, -0.05) is 18.2 Å². The van der Waals surface area contributed by atoms with Crippen LogP contribution >= 0.6 is 0 Å². The van der Waals surface area contributed by atoms with Gasteiger partial charge in [-0.2, -0.15) is 0 Å². The monoisotopic (exact) mass is 255 g/mol. The topological polar surface area (TPSA) is 37.0 Å². The van der Waals surface area contributed by atoms with E-state index >= 15 is 0 Å². The molecule has 2 N–H and O–H groups in total. The summed E-state index contributed by atoms with van der Waals surface area (Å²) in [6.07, 6.45) is 5.65. The minimum atomic E-state index is 0.461. The van der Waals surface area contributed by atoms with Gasteiger partial charge in [0.1, 0.15) is 0 Å². The second-order valence-corrected chi connectivity index (χ2v) is 5.46. The maximum Gasteiger partial charge on any atom is 0.0933 e. The zero-order chi connectivity index (χ0) is 13.1. The Balaban J connectivity index is 1.73. The third-order valence-electron chi connectivity index (χ3n) is 3.84. The van der Waals surface area contributed by atoms with Crippen molar-refractivity contribution in [2.45, 2.75) is 38.3 Å². The Morgan fingerprint density at radius 1 is 1.37 bits per heavy atom. The van der Waals surface area contributed by atoms with E-state index in [2.05, 4.69) is 46.8 Å². The second-order valence-electron chi connectivity index (χ2n) is 5.46. The Hall–Kier alpha value is -1.61. The predicted octanol–water partition coefficient (Wildman–Crippen LogP) is 3.18. The number of nitrogens with one attached hydrogen (secondary N) is 2. The van der Waals surface area contributed by atoms with Crippen molar-refractivity contribution in [2.75, 3.05) is 11.9 Å². The average Bonchev–Trinajstić information content (AvgIpc) is 2.92. The summed E-state index contributed by atoms with van der Waals surface area (Å²) < 4.78 is 0. The SMILES string of the molecule is CC(CC1CCCN1)Nc1cccc2cccnc12. The van der Waals surface area contributed by atoms with Crippen LogP contribution in [0.4, 0.5) is 5.69 Å². The fourth-order valence-corrected chi connectivity index (χ4v) is 2.93. The molecule has 19 heavy (non-hydrogen) atoms. The van der Waals surface area contributed by atoms with E-state index in [1.54, 1.807) is 0 Å². The Morgan fingerprint density at radius 2 is 2.26 bits per heavy atom. The van der Waals surface area contributed by atoms with Crippen LogP contribution in [0.2, 0.25) is 0 Å².